The zero-order valence-corrected chi connectivity index (χ0v) is 19.9. The third-order valence-electron chi connectivity index (χ3n) is 7.22. The summed E-state index contributed by atoms with van der Waals surface area (Å²) in [5, 5.41) is 0. The van der Waals surface area contributed by atoms with Crippen molar-refractivity contribution in [2.24, 2.45) is 4.99 Å². The highest BCUT2D eigenvalue weighted by Gasteiger charge is 2.57. The van der Waals surface area contributed by atoms with Crippen LogP contribution >= 0.6 is 0 Å². The Hall–Kier alpha value is -3.08. The first-order valence-electron chi connectivity index (χ1n) is 11.5. The number of aliphatic imine (C=N–C) groups is 1. The van der Waals surface area contributed by atoms with E-state index < -0.39 is 24.5 Å². The van der Waals surface area contributed by atoms with Gasteiger partial charge < -0.3 is 24.2 Å². The molecule has 3 saturated heterocycles. The lowest BCUT2D eigenvalue weighted by Gasteiger charge is -2.47. The van der Waals surface area contributed by atoms with Gasteiger partial charge >= 0.3 is 6.18 Å². The third-order valence-corrected chi connectivity index (χ3v) is 7.22. The monoisotopic (exact) mass is 491 g/mol. The fourth-order valence-corrected chi connectivity index (χ4v) is 5.53. The number of likely N-dealkylation sites (tertiary alicyclic amines) is 1. The van der Waals surface area contributed by atoms with Crippen molar-refractivity contribution in [3.8, 4) is 5.88 Å². The fraction of sp³-hybridized carbons (Fsp3) is 0.542. The standard InChI is InChI=1S/C24H28F3N5O3/c1-15-9-19(32-13-23(3)12-22(32,2)14-35-23)29-21-30(15)8-7-18(24(25,26)27)31(21)11-17(33)16-5-6-20(34-4)28-10-16/h5-6,9-10,18H,1,7-8,11-14H2,2-4H3/t18-,22+,23-/m0/s1. The molecule has 0 spiro atoms. The predicted octanol–water partition coefficient (Wildman–Crippen LogP) is 3.19. The number of ketones is 1. The summed E-state index contributed by atoms with van der Waals surface area (Å²) in [6, 6.07) is 1.16. The van der Waals surface area contributed by atoms with Crippen molar-refractivity contribution in [2.45, 2.75) is 50.0 Å². The number of fused-ring (bicyclic) bond motifs is 3. The van der Waals surface area contributed by atoms with Crippen LogP contribution in [0.1, 0.15) is 37.0 Å². The Labute approximate surface area is 201 Å². The van der Waals surface area contributed by atoms with E-state index in [1.165, 1.54) is 25.4 Å². The molecule has 3 fully saturated rings. The number of rotatable bonds is 5. The highest BCUT2D eigenvalue weighted by Crippen LogP contribution is 2.47. The van der Waals surface area contributed by atoms with Gasteiger partial charge in [-0.25, -0.2) is 4.98 Å². The average molecular weight is 492 g/mol. The molecule has 4 aliphatic heterocycles. The van der Waals surface area contributed by atoms with Gasteiger partial charge in [-0.3, -0.25) is 4.79 Å². The van der Waals surface area contributed by atoms with Gasteiger partial charge in [0.25, 0.3) is 0 Å². The minimum Gasteiger partial charge on any atom is -0.481 e. The number of carbonyl (C=O) groups excluding carboxylic acids is 1. The van der Waals surface area contributed by atoms with Crippen LogP contribution < -0.4 is 4.74 Å². The van der Waals surface area contributed by atoms with Crippen LogP contribution in [0.25, 0.3) is 0 Å². The molecule has 0 N–H and O–H groups in total. The minimum atomic E-state index is -4.53. The van der Waals surface area contributed by atoms with Gasteiger partial charge in [0.2, 0.25) is 11.8 Å². The van der Waals surface area contributed by atoms with Gasteiger partial charge in [0.1, 0.15) is 11.9 Å². The first kappa shape index (κ1) is 23.7. The van der Waals surface area contributed by atoms with Crippen molar-refractivity contribution >= 4 is 11.7 Å². The maximum atomic E-state index is 14.1. The first-order chi connectivity index (χ1) is 16.4. The van der Waals surface area contributed by atoms with Crippen LogP contribution in [-0.2, 0) is 4.74 Å². The van der Waals surface area contributed by atoms with Crippen LogP contribution in [0.4, 0.5) is 13.2 Å². The van der Waals surface area contributed by atoms with Crippen LogP contribution in [0.15, 0.2) is 47.5 Å². The maximum Gasteiger partial charge on any atom is 0.408 e. The van der Waals surface area contributed by atoms with Crippen molar-refractivity contribution in [1.29, 1.82) is 0 Å². The topological polar surface area (TPSA) is 70.5 Å². The Morgan fingerprint density at radius 3 is 2.69 bits per heavy atom. The summed E-state index contributed by atoms with van der Waals surface area (Å²) in [7, 11) is 1.44. The Balaban J connectivity index is 1.49. The number of Topliss-reactive ketones (excluding diaryl/α,β-unsaturated/α-hetero) is 1. The molecule has 0 amide bonds. The Kier molecular flexibility index (Phi) is 5.39. The molecule has 0 unspecified atom stereocenters. The molecule has 35 heavy (non-hydrogen) atoms. The Morgan fingerprint density at radius 2 is 2.11 bits per heavy atom. The van der Waals surface area contributed by atoms with Crippen molar-refractivity contribution < 1.29 is 27.4 Å². The number of carbonyl (C=O) groups is 1. The lowest BCUT2D eigenvalue weighted by Crippen LogP contribution is -2.61. The number of alkyl halides is 3. The molecule has 11 heteroatoms. The Bertz CT molecular complexity index is 1120. The van der Waals surface area contributed by atoms with Crippen molar-refractivity contribution in [3.63, 3.8) is 0 Å². The minimum absolute atomic E-state index is 0.0911. The summed E-state index contributed by atoms with van der Waals surface area (Å²) in [5.74, 6) is 0.456. The molecule has 0 radical (unpaired) electrons. The summed E-state index contributed by atoms with van der Waals surface area (Å²) in [6.07, 6.45) is -0.820. The SMILES string of the molecule is C=C1C=C(N2C[C@]3(C)C[C@]2(C)CO3)N=C2N1CC[C@@H](C(F)(F)F)N2CC(=O)c1ccc(OC)nc1. The number of pyridine rings is 1. The second kappa shape index (κ2) is 7.97. The van der Waals surface area contributed by atoms with E-state index in [-0.39, 0.29) is 35.6 Å². The number of ether oxygens (including phenoxy) is 2. The van der Waals surface area contributed by atoms with Crippen molar-refractivity contribution in [3.05, 3.63) is 48.1 Å². The van der Waals surface area contributed by atoms with Crippen LogP contribution in [0.5, 0.6) is 5.88 Å². The number of nitrogens with zero attached hydrogens (tertiary/aromatic N) is 5. The molecule has 0 aromatic carbocycles. The molecule has 0 aliphatic carbocycles. The van der Waals surface area contributed by atoms with Crippen molar-refractivity contribution in [1.82, 2.24) is 19.7 Å². The molecule has 188 valence electrons. The van der Waals surface area contributed by atoms with E-state index in [1.807, 2.05) is 6.92 Å². The highest BCUT2D eigenvalue weighted by molar-refractivity contribution is 6.00. The smallest absolute Gasteiger partial charge is 0.408 e. The molecule has 4 aliphatic rings. The molecule has 5 heterocycles. The molecule has 2 bridgehead atoms. The second-order valence-electron chi connectivity index (χ2n) is 10.0. The number of morpholine rings is 1. The lowest BCUT2D eigenvalue weighted by atomic mass is 9.97. The number of hydrogen-bond acceptors (Lipinski definition) is 8. The number of hydrogen-bond donors (Lipinski definition) is 0. The molecular weight excluding hydrogens is 463 g/mol. The van der Waals surface area contributed by atoms with E-state index in [0.29, 0.717) is 30.5 Å². The van der Waals surface area contributed by atoms with E-state index in [2.05, 4.69) is 23.4 Å². The Morgan fingerprint density at radius 1 is 1.34 bits per heavy atom. The number of methoxy groups -OCH3 is 1. The number of allylic oxidation sites excluding steroid dienone is 1. The summed E-state index contributed by atoms with van der Waals surface area (Å²) in [4.78, 5) is 26.6. The van der Waals surface area contributed by atoms with Gasteiger partial charge in [-0.15, -0.1) is 0 Å². The van der Waals surface area contributed by atoms with E-state index in [4.69, 9.17) is 14.5 Å². The summed E-state index contributed by atoms with van der Waals surface area (Å²) in [5.41, 5.74) is 0.114. The van der Waals surface area contributed by atoms with E-state index in [9.17, 15) is 18.0 Å². The molecule has 0 saturated carbocycles. The quantitative estimate of drug-likeness (QED) is 0.586. The van der Waals surface area contributed by atoms with Gasteiger partial charge in [-0.1, -0.05) is 6.58 Å². The van der Waals surface area contributed by atoms with Crippen LogP contribution in [0, 0.1) is 0 Å². The van der Waals surface area contributed by atoms with E-state index >= 15 is 0 Å². The maximum absolute atomic E-state index is 14.1. The third kappa shape index (κ3) is 4.05. The molecule has 1 aromatic rings. The number of aromatic nitrogens is 1. The van der Waals surface area contributed by atoms with Crippen LogP contribution in [0.2, 0.25) is 0 Å². The van der Waals surface area contributed by atoms with Crippen LogP contribution in [0.3, 0.4) is 0 Å². The van der Waals surface area contributed by atoms with Crippen LogP contribution in [-0.4, -0.2) is 88.1 Å². The number of guanidine groups is 1. The molecular formula is C24H28F3N5O3. The second-order valence-corrected chi connectivity index (χ2v) is 10.0. The molecule has 1 aromatic heterocycles. The number of halogens is 3. The first-order valence-corrected chi connectivity index (χ1v) is 11.5. The fourth-order valence-electron chi connectivity index (χ4n) is 5.53. The lowest BCUT2D eigenvalue weighted by molar-refractivity contribution is -0.179. The van der Waals surface area contributed by atoms with Crippen molar-refractivity contribution in [2.75, 3.05) is 33.4 Å². The van der Waals surface area contributed by atoms with Gasteiger partial charge in [0, 0.05) is 49.1 Å². The zero-order valence-electron chi connectivity index (χ0n) is 19.9. The van der Waals surface area contributed by atoms with Gasteiger partial charge in [0.15, 0.2) is 5.78 Å². The summed E-state index contributed by atoms with van der Waals surface area (Å²) < 4.78 is 53.3. The van der Waals surface area contributed by atoms with Gasteiger partial charge in [0.05, 0.1) is 31.4 Å². The summed E-state index contributed by atoms with van der Waals surface area (Å²) in [6.45, 7) is 8.91. The largest absolute Gasteiger partial charge is 0.481 e. The van der Waals surface area contributed by atoms with Gasteiger partial charge in [-0.05, 0) is 26.3 Å². The average Bonchev–Trinajstić information content (AvgIpc) is 3.26. The van der Waals surface area contributed by atoms with E-state index in [1.54, 1.807) is 11.0 Å². The zero-order chi connectivity index (χ0) is 25.2. The normalized spacial score (nSPS) is 30.3. The van der Waals surface area contributed by atoms with E-state index in [0.717, 1.165) is 11.3 Å². The molecule has 3 atom stereocenters. The molecule has 8 nitrogen and oxygen atoms in total. The summed E-state index contributed by atoms with van der Waals surface area (Å²) >= 11 is 0. The highest BCUT2D eigenvalue weighted by atomic mass is 19.4. The molecule has 5 rings (SSSR count). The van der Waals surface area contributed by atoms with Gasteiger partial charge in [-0.2, -0.15) is 18.2 Å². The predicted molar refractivity (Wildman–Crippen MR) is 122 cm³/mol.